The van der Waals surface area contributed by atoms with E-state index in [1.807, 2.05) is 20.8 Å². The molecule has 10 N–H and O–H groups in total. The number of rotatable bonds is 18. The van der Waals surface area contributed by atoms with Gasteiger partial charge in [-0.05, 0) is 133 Å². The summed E-state index contributed by atoms with van der Waals surface area (Å²) in [5.74, 6) is 8.76. The summed E-state index contributed by atoms with van der Waals surface area (Å²) in [6, 6.07) is 1.67. The molecular weight excluding hydrogens is 753 g/mol. The number of benzene rings is 1. The summed E-state index contributed by atoms with van der Waals surface area (Å²) < 4.78 is 12.9. The first kappa shape index (κ1) is 47.2. The van der Waals surface area contributed by atoms with Crippen LogP contribution in [0.3, 0.4) is 0 Å². The Bertz CT molecular complexity index is 1800. The molecule has 0 radical (unpaired) electrons. The maximum Gasteiger partial charge on any atom is 0.481 e. The van der Waals surface area contributed by atoms with E-state index in [4.69, 9.17) is 20.8 Å². The van der Waals surface area contributed by atoms with Gasteiger partial charge < -0.3 is 52.5 Å². The first-order chi connectivity index (χ1) is 27.8. The smallest absolute Gasteiger partial charge is 0.404 e. The molecule has 59 heavy (non-hydrogen) atoms. The number of hydrogen-bond donors (Lipinski definition) is 8. The predicted molar refractivity (Wildman–Crippen MR) is 225 cm³/mol. The predicted octanol–water partition coefficient (Wildman–Crippen LogP) is 0.901. The third-order valence-corrected chi connectivity index (χ3v) is 12.0. The molecule has 0 aromatic heterocycles. The van der Waals surface area contributed by atoms with Crippen LogP contribution in [0.25, 0.3) is 0 Å². The van der Waals surface area contributed by atoms with Gasteiger partial charge in [-0.25, -0.2) is 0 Å². The Balaban J connectivity index is 1.33. The zero-order valence-electron chi connectivity index (χ0n) is 35.8. The van der Waals surface area contributed by atoms with Crippen molar-refractivity contribution in [2.24, 2.45) is 34.6 Å². The topological polar surface area (TPSA) is 236 Å². The van der Waals surface area contributed by atoms with Crippen LogP contribution in [0.5, 0.6) is 0 Å². The zero-order chi connectivity index (χ0) is 43.7. The van der Waals surface area contributed by atoms with Crippen molar-refractivity contribution in [1.82, 2.24) is 26.6 Å². The van der Waals surface area contributed by atoms with Gasteiger partial charge in [0.05, 0.1) is 23.8 Å². The minimum absolute atomic E-state index is 0.0334. The second-order valence-corrected chi connectivity index (χ2v) is 17.3. The van der Waals surface area contributed by atoms with Crippen molar-refractivity contribution in [3.63, 3.8) is 0 Å². The Morgan fingerprint density at radius 2 is 1.47 bits per heavy atom. The van der Waals surface area contributed by atoms with Crippen LogP contribution in [0, 0.1) is 46.9 Å². The van der Waals surface area contributed by atoms with Crippen LogP contribution >= 0.6 is 0 Å². The molecule has 4 fully saturated rings. The van der Waals surface area contributed by atoms with E-state index in [0.717, 1.165) is 12.8 Å². The van der Waals surface area contributed by atoms with Crippen LogP contribution < -0.4 is 38.1 Å². The van der Waals surface area contributed by atoms with Gasteiger partial charge in [0.15, 0.2) is 0 Å². The van der Waals surface area contributed by atoms with Gasteiger partial charge >= 0.3 is 7.12 Å². The average Bonchev–Trinajstić information content (AvgIpc) is 3.55. The van der Waals surface area contributed by atoms with Gasteiger partial charge in [0, 0.05) is 17.0 Å². The first-order valence-corrected chi connectivity index (χ1v) is 20.9. The normalized spacial score (nSPS) is 24.1. The summed E-state index contributed by atoms with van der Waals surface area (Å²) in [7, 11) is -0.653. The fraction of sp³-hybridized carbons (Fsp3) is 0.651. The molecule has 5 amide bonds. The number of carbonyl (C=O) groups excluding carboxylic acids is 5. The molecule has 16 heteroatoms. The van der Waals surface area contributed by atoms with Crippen molar-refractivity contribution < 1.29 is 38.4 Å². The van der Waals surface area contributed by atoms with Gasteiger partial charge in [-0.2, -0.15) is 0 Å². The molecule has 1 aromatic rings. The molecule has 1 saturated heterocycles. The number of nitrogens with two attached hydrogens (primary N) is 2. The maximum atomic E-state index is 13.7. The molecule has 322 valence electrons. The summed E-state index contributed by atoms with van der Waals surface area (Å²) in [5.41, 5.74) is 12.1. The van der Waals surface area contributed by atoms with E-state index in [1.54, 1.807) is 24.3 Å². The van der Waals surface area contributed by atoms with Crippen molar-refractivity contribution in [2.45, 2.75) is 142 Å². The minimum atomic E-state index is -1.50. The average molecular weight is 818 g/mol. The molecule has 1 aromatic carbocycles. The van der Waals surface area contributed by atoms with E-state index in [1.165, 1.54) is 13.8 Å². The SMILES string of the molecule is CC(C)C#CC#Cc1ccc(C(=O)N[C@@H](CCN)C(=O)N[C@H](C(=O)N[C@@H](C)C(=O)N[C@@H](CCCCN)C(=O)N[C@@H](C)B2O[C@@H]3C[C@@H]4C[C@@H](C4(C)C)[C@]3(C)O2)[C@@H](C)O)cc1. The zero-order valence-corrected chi connectivity index (χ0v) is 35.8. The Labute approximate surface area is 349 Å². The van der Waals surface area contributed by atoms with Crippen molar-refractivity contribution in [3.05, 3.63) is 35.4 Å². The van der Waals surface area contributed by atoms with Gasteiger partial charge in [-0.3, -0.25) is 24.0 Å². The lowest BCUT2D eigenvalue weighted by molar-refractivity contribution is -0.199. The van der Waals surface area contributed by atoms with Crippen LogP contribution in [0.2, 0.25) is 0 Å². The van der Waals surface area contributed by atoms with Crippen LogP contribution in [-0.4, -0.2) is 103 Å². The number of nitrogens with one attached hydrogen (secondary N) is 5. The number of unbranched alkanes of at least 4 members (excludes halogenated alkanes) is 1. The molecule has 4 aliphatic rings. The van der Waals surface area contributed by atoms with E-state index in [-0.39, 0.29) is 36.0 Å². The van der Waals surface area contributed by atoms with Gasteiger partial charge in [-0.1, -0.05) is 39.5 Å². The standard InChI is InChI=1S/C43H64BN7O8/c1-25(2)13-9-10-14-29-16-18-30(19-17-29)38(54)50-33(20-22-46)40(56)51-36(27(4)52)41(57)47-26(3)37(53)49-32(15-11-12-21-45)39(55)48-28(5)44-58-35-24-31-23-34(42(31,6)7)43(35,8)59-44/h16-19,25-28,31-36,52H,11-12,15,20-24,45-46H2,1-8H3,(H,47,57)(H,48,55)(H,49,53)(H,50,54)(H,51,56)/t26-,27+,28-,31-,32-,33-,34-,35+,36-,43-/m0/s1. The van der Waals surface area contributed by atoms with E-state index in [9.17, 15) is 29.1 Å². The molecular formula is C43H64BN7O8. The highest BCUT2D eigenvalue weighted by Gasteiger charge is 2.68. The number of aliphatic hydroxyl groups is 1. The lowest BCUT2D eigenvalue weighted by atomic mass is 9.43. The highest BCUT2D eigenvalue weighted by Crippen LogP contribution is 2.65. The second-order valence-electron chi connectivity index (χ2n) is 17.3. The van der Waals surface area contributed by atoms with Gasteiger partial charge in [0.25, 0.3) is 5.91 Å². The largest absolute Gasteiger partial charge is 0.481 e. The third kappa shape index (κ3) is 11.9. The van der Waals surface area contributed by atoms with Gasteiger partial charge in [0.1, 0.15) is 24.2 Å². The fourth-order valence-corrected chi connectivity index (χ4v) is 8.26. The Hall–Kier alpha value is -4.45. The molecule has 3 aliphatic carbocycles. The van der Waals surface area contributed by atoms with Crippen LogP contribution in [0.4, 0.5) is 0 Å². The van der Waals surface area contributed by atoms with E-state index >= 15 is 0 Å². The van der Waals surface area contributed by atoms with Gasteiger partial charge in [0.2, 0.25) is 23.6 Å². The molecule has 5 rings (SSSR count). The molecule has 3 saturated carbocycles. The molecule has 2 bridgehead atoms. The number of amides is 5. The molecule has 1 aliphatic heterocycles. The Morgan fingerprint density at radius 1 is 0.814 bits per heavy atom. The number of hydrogen-bond acceptors (Lipinski definition) is 10. The van der Waals surface area contributed by atoms with E-state index in [2.05, 4.69) is 71.0 Å². The molecule has 0 unspecified atom stereocenters. The van der Waals surface area contributed by atoms with Crippen LogP contribution in [-0.2, 0) is 28.5 Å². The highest BCUT2D eigenvalue weighted by molar-refractivity contribution is 6.47. The number of carbonyl (C=O) groups is 5. The van der Waals surface area contributed by atoms with Crippen LogP contribution in [0.1, 0.15) is 110 Å². The monoisotopic (exact) mass is 817 g/mol. The van der Waals surface area contributed by atoms with Crippen molar-refractivity contribution in [1.29, 1.82) is 0 Å². The summed E-state index contributed by atoms with van der Waals surface area (Å²) >= 11 is 0. The molecule has 0 spiro atoms. The lowest BCUT2D eigenvalue weighted by Crippen LogP contribution is -2.65. The maximum absolute atomic E-state index is 13.7. The summed E-state index contributed by atoms with van der Waals surface area (Å²) in [4.78, 5) is 67.0. The Morgan fingerprint density at radius 3 is 2.08 bits per heavy atom. The summed E-state index contributed by atoms with van der Waals surface area (Å²) in [6.45, 7) is 15.6. The number of aliphatic hydroxyl groups excluding tert-OH is 1. The fourth-order valence-electron chi connectivity index (χ4n) is 8.26. The van der Waals surface area contributed by atoms with E-state index < -0.39 is 78.5 Å². The van der Waals surface area contributed by atoms with Crippen molar-refractivity contribution in [3.8, 4) is 23.7 Å². The molecule has 15 nitrogen and oxygen atoms in total. The molecule has 1 heterocycles. The van der Waals surface area contributed by atoms with Crippen molar-refractivity contribution >= 4 is 36.7 Å². The van der Waals surface area contributed by atoms with Crippen LogP contribution in [0.15, 0.2) is 24.3 Å². The highest BCUT2D eigenvalue weighted by atomic mass is 16.7. The first-order valence-electron chi connectivity index (χ1n) is 20.9. The summed E-state index contributed by atoms with van der Waals surface area (Å²) in [5, 5.41) is 23.9. The second kappa shape index (κ2) is 20.7. The van der Waals surface area contributed by atoms with Gasteiger partial charge in [-0.15, -0.1) is 0 Å². The van der Waals surface area contributed by atoms with Crippen molar-refractivity contribution in [2.75, 3.05) is 13.1 Å². The molecule has 10 atom stereocenters. The minimum Gasteiger partial charge on any atom is -0.404 e. The quantitative estimate of drug-likeness (QED) is 0.0592. The third-order valence-electron chi connectivity index (χ3n) is 12.0. The van der Waals surface area contributed by atoms with E-state index in [0.29, 0.717) is 43.2 Å². The lowest BCUT2D eigenvalue weighted by Gasteiger charge is -2.64. The summed E-state index contributed by atoms with van der Waals surface area (Å²) in [6.07, 6.45) is 2.08. The Kier molecular flexibility index (Phi) is 16.6.